The molecule has 2 aromatic carbocycles. The molecule has 2 aliphatic carbocycles. The molecule has 130 valence electrons. The zero-order chi connectivity index (χ0) is 17.0. The first kappa shape index (κ1) is 15.5. The van der Waals surface area contributed by atoms with Crippen molar-refractivity contribution in [2.45, 2.75) is 51.4 Å². The maximum atomic E-state index is 12.6. The number of rotatable bonds is 0. The van der Waals surface area contributed by atoms with E-state index in [2.05, 4.69) is 22.3 Å². The van der Waals surface area contributed by atoms with E-state index in [0.717, 1.165) is 37.1 Å². The monoisotopic (exact) mass is 354 g/mol. The third-order valence-electron chi connectivity index (χ3n) is 5.86. The van der Waals surface area contributed by atoms with Gasteiger partial charge in [0.1, 0.15) is 0 Å². The van der Waals surface area contributed by atoms with Crippen LogP contribution in [-0.2, 0) is 30.2 Å². The Morgan fingerprint density at radius 1 is 0.720 bits per heavy atom. The fourth-order valence-corrected chi connectivity index (χ4v) is 5.85. The van der Waals surface area contributed by atoms with Gasteiger partial charge in [-0.1, -0.05) is 12.1 Å². The zero-order valence-corrected chi connectivity index (χ0v) is 15.2. The highest BCUT2D eigenvalue weighted by molar-refractivity contribution is 7.61. The van der Waals surface area contributed by atoms with Gasteiger partial charge in [0.25, 0.3) is 0 Å². The molecule has 0 unspecified atom stereocenters. The smallest absolute Gasteiger partial charge is 0.313 e. The highest BCUT2D eigenvalue weighted by Gasteiger charge is 2.32. The van der Waals surface area contributed by atoms with Gasteiger partial charge in [0.2, 0.25) is 0 Å². The molecule has 1 aliphatic heterocycles. The maximum absolute atomic E-state index is 12.6. The Bertz CT molecular complexity index is 851. The standard InChI is InChI=1S/C20H23N2O2P/c23-25(24)21-17-11-9-13-5-1-3-7-15(13)19(17)20-16-8-4-2-6-14(16)10-12-18(20)22-25/h9-12H,1-8H2,(H3,21,22,23,24). The number of hydrogen-bond acceptors (Lipinski definition) is 1. The summed E-state index contributed by atoms with van der Waals surface area (Å²) in [4.78, 5) is 10.4. The van der Waals surface area contributed by atoms with E-state index < -0.39 is 7.67 Å². The molecular weight excluding hydrogens is 331 g/mol. The van der Waals surface area contributed by atoms with Gasteiger partial charge in [-0.15, -0.1) is 0 Å². The fraction of sp³-hybridized carbons (Fsp3) is 0.400. The van der Waals surface area contributed by atoms with Crippen molar-refractivity contribution in [2.75, 3.05) is 10.2 Å². The van der Waals surface area contributed by atoms with Crippen molar-refractivity contribution < 1.29 is 9.46 Å². The molecule has 0 atom stereocenters. The molecule has 5 rings (SSSR count). The Morgan fingerprint density at radius 3 is 1.64 bits per heavy atom. The molecular formula is C20H23N2O2P. The molecule has 0 saturated carbocycles. The second-order valence-electron chi connectivity index (χ2n) is 7.47. The van der Waals surface area contributed by atoms with E-state index in [1.807, 2.05) is 12.1 Å². The SMILES string of the molecule is O=P1(O)Nc2ccc3c(c2-c2c(ccc4c2CCCC4)N1)CCCC3. The largest absolute Gasteiger partial charge is 0.389 e. The second kappa shape index (κ2) is 5.62. The highest BCUT2D eigenvalue weighted by atomic mass is 31.2. The summed E-state index contributed by atoms with van der Waals surface area (Å²) in [5.74, 6) is 0. The van der Waals surface area contributed by atoms with Crippen LogP contribution in [-0.4, -0.2) is 4.89 Å². The molecule has 0 amide bonds. The molecule has 0 bridgehead atoms. The molecule has 0 spiro atoms. The molecule has 3 aliphatic rings. The fourth-order valence-electron chi connectivity index (χ4n) is 4.77. The van der Waals surface area contributed by atoms with Crippen LogP contribution in [0.1, 0.15) is 47.9 Å². The summed E-state index contributed by atoms with van der Waals surface area (Å²) < 4.78 is 12.6. The summed E-state index contributed by atoms with van der Waals surface area (Å²) in [6.45, 7) is 0. The van der Waals surface area contributed by atoms with Gasteiger partial charge >= 0.3 is 7.67 Å². The quantitative estimate of drug-likeness (QED) is 0.580. The van der Waals surface area contributed by atoms with E-state index >= 15 is 0 Å². The van der Waals surface area contributed by atoms with Gasteiger partial charge in [0.15, 0.2) is 0 Å². The molecule has 25 heavy (non-hydrogen) atoms. The van der Waals surface area contributed by atoms with Crippen LogP contribution in [0.3, 0.4) is 0 Å². The Balaban J connectivity index is 1.86. The average molecular weight is 354 g/mol. The average Bonchev–Trinajstić information content (AvgIpc) is 2.73. The van der Waals surface area contributed by atoms with Crippen LogP contribution in [0.4, 0.5) is 11.4 Å². The number of anilines is 2. The molecule has 4 nitrogen and oxygen atoms in total. The summed E-state index contributed by atoms with van der Waals surface area (Å²) in [6.07, 6.45) is 9.17. The summed E-state index contributed by atoms with van der Waals surface area (Å²) in [7, 11) is -3.67. The number of hydrogen-bond donors (Lipinski definition) is 3. The Kier molecular flexibility index (Phi) is 3.48. The van der Waals surface area contributed by atoms with E-state index in [1.165, 1.54) is 59.1 Å². The van der Waals surface area contributed by atoms with Crippen molar-refractivity contribution in [3.63, 3.8) is 0 Å². The predicted octanol–water partition coefficient (Wildman–Crippen LogP) is 5.05. The molecule has 3 N–H and O–H groups in total. The number of nitrogens with one attached hydrogen (secondary N) is 2. The maximum Gasteiger partial charge on any atom is 0.389 e. The van der Waals surface area contributed by atoms with Crippen molar-refractivity contribution >= 4 is 19.0 Å². The molecule has 5 heteroatoms. The van der Waals surface area contributed by atoms with Crippen LogP contribution in [0.15, 0.2) is 24.3 Å². The lowest BCUT2D eigenvalue weighted by molar-refractivity contribution is 0.490. The van der Waals surface area contributed by atoms with Crippen molar-refractivity contribution in [3.05, 3.63) is 46.5 Å². The van der Waals surface area contributed by atoms with Crippen LogP contribution < -0.4 is 10.2 Å². The molecule has 0 aromatic heterocycles. The Morgan fingerprint density at radius 2 is 1.16 bits per heavy atom. The molecule has 2 aromatic rings. The van der Waals surface area contributed by atoms with Gasteiger partial charge in [-0.05, 0) is 85.8 Å². The lowest BCUT2D eigenvalue weighted by Gasteiger charge is -2.26. The first-order valence-electron chi connectivity index (χ1n) is 9.32. The van der Waals surface area contributed by atoms with Crippen LogP contribution in [0.25, 0.3) is 11.1 Å². The number of benzene rings is 2. The first-order valence-corrected chi connectivity index (χ1v) is 11.0. The van der Waals surface area contributed by atoms with Crippen molar-refractivity contribution in [3.8, 4) is 11.1 Å². The minimum atomic E-state index is -3.67. The van der Waals surface area contributed by atoms with Crippen LogP contribution >= 0.6 is 7.67 Å². The van der Waals surface area contributed by atoms with Gasteiger partial charge in [0, 0.05) is 11.1 Å². The van der Waals surface area contributed by atoms with Crippen molar-refractivity contribution in [1.29, 1.82) is 0 Å². The topological polar surface area (TPSA) is 61.4 Å². The Hall–Kier alpha value is -1.77. The lowest BCUT2D eigenvalue weighted by Crippen LogP contribution is -2.09. The molecule has 1 heterocycles. The Labute approximate surface area is 148 Å². The van der Waals surface area contributed by atoms with Crippen LogP contribution in [0.5, 0.6) is 0 Å². The van der Waals surface area contributed by atoms with Crippen LogP contribution in [0.2, 0.25) is 0 Å². The van der Waals surface area contributed by atoms with Crippen molar-refractivity contribution in [2.24, 2.45) is 0 Å². The van der Waals surface area contributed by atoms with Gasteiger partial charge < -0.3 is 4.89 Å². The molecule has 0 saturated heterocycles. The second-order valence-corrected chi connectivity index (χ2v) is 9.06. The third kappa shape index (κ3) is 2.51. The summed E-state index contributed by atoms with van der Waals surface area (Å²) in [6, 6.07) is 8.28. The summed E-state index contributed by atoms with van der Waals surface area (Å²) >= 11 is 0. The van der Waals surface area contributed by atoms with Gasteiger partial charge in [-0.25, -0.2) is 4.57 Å². The third-order valence-corrected chi connectivity index (χ3v) is 6.95. The van der Waals surface area contributed by atoms with E-state index in [4.69, 9.17) is 0 Å². The normalized spacial score (nSPS) is 20.0. The van der Waals surface area contributed by atoms with Gasteiger partial charge in [0.05, 0.1) is 11.4 Å². The predicted molar refractivity (Wildman–Crippen MR) is 102 cm³/mol. The van der Waals surface area contributed by atoms with Crippen molar-refractivity contribution in [1.82, 2.24) is 0 Å². The minimum absolute atomic E-state index is 0.803. The van der Waals surface area contributed by atoms with Crippen LogP contribution in [0, 0.1) is 0 Å². The molecule has 0 radical (unpaired) electrons. The molecule has 0 fully saturated rings. The number of aryl methyl sites for hydroxylation is 2. The first-order chi connectivity index (χ1) is 12.1. The van der Waals surface area contributed by atoms with Gasteiger partial charge in [-0.2, -0.15) is 0 Å². The highest BCUT2D eigenvalue weighted by Crippen LogP contribution is 2.54. The summed E-state index contributed by atoms with van der Waals surface area (Å²) in [5, 5.41) is 5.81. The van der Waals surface area contributed by atoms with Gasteiger partial charge in [-0.3, -0.25) is 10.2 Å². The van der Waals surface area contributed by atoms with E-state index in [1.54, 1.807) is 0 Å². The zero-order valence-electron chi connectivity index (χ0n) is 14.3. The van der Waals surface area contributed by atoms with E-state index in [-0.39, 0.29) is 0 Å². The number of fused-ring (bicyclic) bond motifs is 7. The minimum Gasteiger partial charge on any atom is -0.313 e. The van der Waals surface area contributed by atoms with E-state index in [9.17, 15) is 9.46 Å². The summed E-state index contributed by atoms with van der Waals surface area (Å²) in [5.41, 5.74) is 9.51. The van der Waals surface area contributed by atoms with E-state index in [0.29, 0.717) is 0 Å². The lowest BCUT2D eigenvalue weighted by atomic mass is 9.79.